The Kier molecular flexibility index (Phi) is 7.15. The van der Waals surface area contributed by atoms with Gasteiger partial charge in [-0.05, 0) is 19.4 Å². The first-order chi connectivity index (χ1) is 14.8. The lowest BCUT2D eigenvalue weighted by molar-refractivity contribution is -0.162. The van der Waals surface area contributed by atoms with E-state index in [1.54, 1.807) is 6.07 Å². The molecule has 0 radical (unpaired) electrons. The van der Waals surface area contributed by atoms with Crippen molar-refractivity contribution < 1.29 is 18.0 Å². The highest BCUT2D eigenvalue weighted by Gasteiger charge is 2.41. The Morgan fingerprint density at radius 1 is 1.10 bits per heavy atom. The third-order valence-electron chi connectivity index (χ3n) is 4.01. The molecule has 2 aromatic heterocycles. The molecule has 1 aromatic carbocycles. The third kappa shape index (κ3) is 5.54. The second kappa shape index (κ2) is 9.81. The summed E-state index contributed by atoms with van der Waals surface area (Å²) >= 11 is 0.941. The molecular weight excluding hydrogens is 433 g/mol. The van der Waals surface area contributed by atoms with Crippen LogP contribution in [-0.2, 0) is 4.79 Å². The smallest absolute Gasteiger partial charge is 0.355 e. The van der Waals surface area contributed by atoms with E-state index in [2.05, 4.69) is 36.1 Å². The van der Waals surface area contributed by atoms with E-state index in [9.17, 15) is 18.0 Å². The molecule has 1 amide bonds. The molecule has 0 saturated heterocycles. The van der Waals surface area contributed by atoms with Crippen molar-refractivity contribution in [3.63, 3.8) is 0 Å². The van der Waals surface area contributed by atoms with E-state index in [1.807, 2.05) is 13.8 Å². The molecule has 0 aliphatic heterocycles. The van der Waals surface area contributed by atoms with Crippen molar-refractivity contribution >= 4 is 35.3 Å². The number of hydrogen-bond donors (Lipinski definition) is 3. The van der Waals surface area contributed by atoms with Crippen LogP contribution < -0.4 is 16.0 Å². The first kappa shape index (κ1) is 22.6. The Bertz CT molecular complexity index is 1030. The molecule has 0 bridgehead atoms. The summed E-state index contributed by atoms with van der Waals surface area (Å²) < 4.78 is 41.9. The summed E-state index contributed by atoms with van der Waals surface area (Å²) in [7, 11) is 0. The molecular formula is C18H21F3N8OS. The van der Waals surface area contributed by atoms with Gasteiger partial charge in [0.05, 0.1) is 5.75 Å². The molecule has 1 unspecified atom stereocenters. The minimum absolute atomic E-state index is 0.0416. The molecule has 0 fully saturated rings. The van der Waals surface area contributed by atoms with Crippen LogP contribution in [0.2, 0.25) is 0 Å². The van der Waals surface area contributed by atoms with Crippen LogP contribution in [0.3, 0.4) is 0 Å². The SMILES string of the molecule is CCNc1nc(NCC)n2c(SCC(=O)NC(c3ccccc3)C(F)(F)F)nnc2n1. The fourth-order valence-electron chi connectivity index (χ4n) is 2.73. The Hall–Kier alpha value is -3.09. The maximum Gasteiger partial charge on any atom is 0.412 e. The Balaban J connectivity index is 1.76. The zero-order chi connectivity index (χ0) is 22.4. The lowest BCUT2D eigenvalue weighted by Gasteiger charge is -2.22. The zero-order valence-corrected chi connectivity index (χ0v) is 17.6. The number of hydrogen-bond acceptors (Lipinski definition) is 8. The molecule has 3 aromatic rings. The van der Waals surface area contributed by atoms with Crippen LogP contribution >= 0.6 is 11.8 Å². The minimum atomic E-state index is -4.63. The maximum absolute atomic E-state index is 13.4. The lowest BCUT2D eigenvalue weighted by atomic mass is 10.1. The van der Waals surface area contributed by atoms with Gasteiger partial charge in [-0.3, -0.25) is 4.79 Å². The topological polar surface area (TPSA) is 109 Å². The lowest BCUT2D eigenvalue weighted by Crippen LogP contribution is -2.39. The van der Waals surface area contributed by atoms with E-state index in [4.69, 9.17) is 0 Å². The predicted octanol–water partition coefficient (Wildman–Crippen LogP) is 2.89. The fraction of sp³-hybridized carbons (Fsp3) is 0.389. The van der Waals surface area contributed by atoms with Crippen molar-refractivity contribution in [3.8, 4) is 0 Å². The summed E-state index contributed by atoms with van der Waals surface area (Å²) in [6.45, 7) is 4.95. The summed E-state index contributed by atoms with van der Waals surface area (Å²) in [5.41, 5.74) is -0.0416. The standard InChI is InChI=1S/C18H21F3N8OS/c1-3-22-14-25-15(23-4-2)29-16(26-14)27-28-17(29)31-10-12(30)24-13(18(19,20)21)11-8-6-5-7-9-11/h5-9,13H,3-4,10H2,1-2H3,(H,24,30)(H2,22,23,25,26,27). The Labute approximate surface area is 180 Å². The minimum Gasteiger partial charge on any atom is -0.355 e. The third-order valence-corrected chi connectivity index (χ3v) is 4.94. The van der Waals surface area contributed by atoms with Gasteiger partial charge in [-0.2, -0.15) is 23.1 Å². The van der Waals surface area contributed by atoms with Crippen molar-refractivity contribution in [3.05, 3.63) is 35.9 Å². The van der Waals surface area contributed by atoms with Gasteiger partial charge in [0.15, 0.2) is 11.2 Å². The van der Waals surface area contributed by atoms with Crippen molar-refractivity contribution in [1.82, 2.24) is 29.9 Å². The van der Waals surface area contributed by atoms with Gasteiger partial charge in [-0.1, -0.05) is 42.1 Å². The monoisotopic (exact) mass is 454 g/mol. The van der Waals surface area contributed by atoms with E-state index in [0.29, 0.717) is 25.0 Å². The van der Waals surface area contributed by atoms with Gasteiger partial charge < -0.3 is 16.0 Å². The van der Waals surface area contributed by atoms with Crippen LogP contribution in [0.25, 0.3) is 5.78 Å². The van der Waals surface area contributed by atoms with Gasteiger partial charge in [0.1, 0.15) is 0 Å². The number of anilines is 2. The Morgan fingerprint density at radius 2 is 1.81 bits per heavy atom. The number of nitrogens with one attached hydrogen (secondary N) is 3. The summed E-state index contributed by atoms with van der Waals surface area (Å²) in [6.07, 6.45) is -4.63. The number of amides is 1. The fourth-order valence-corrected chi connectivity index (χ4v) is 3.47. The first-order valence-corrected chi connectivity index (χ1v) is 10.5. The van der Waals surface area contributed by atoms with E-state index in [1.165, 1.54) is 28.7 Å². The number of rotatable bonds is 9. The van der Waals surface area contributed by atoms with E-state index < -0.39 is 18.1 Å². The second-order valence-corrected chi connectivity index (χ2v) is 7.23. The van der Waals surface area contributed by atoms with E-state index in [-0.39, 0.29) is 22.3 Å². The molecule has 166 valence electrons. The highest BCUT2D eigenvalue weighted by molar-refractivity contribution is 7.99. The summed E-state index contributed by atoms with van der Waals surface area (Å²) in [5.74, 6) is -0.0523. The normalized spacial score (nSPS) is 12.5. The number of carbonyl (C=O) groups is 1. The molecule has 3 N–H and O–H groups in total. The number of thioether (sulfide) groups is 1. The molecule has 31 heavy (non-hydrogen) atoms. The van der Waals surface area contributed by atoms with Crippen molar-refractivity contribution in [1.29, 1.82) is 0 Å². The van der Waals surface area contributed by atoms with Crippen LogP contribution in [0.15, 0.2) is 35.5 Å². The summed E-state index contributed by atoms with van der Waals surface area (Å²) in [4.78, 5) is 20.9. The average Bonchev–Trinajstić information content (AvgIpc) is 3.14. The molecule has 13 heteroatoms. The predicted molar refractivity (Wildman–Crippen MR) is 111 cm³/mol. The van der Waals surface area contributed by atoms with Crippen LogP contribution in [-0.4, -0.2) is 55.5 Å². The van der Waals surface area contributed by atoms with Crippen molar-refractivity contribution in [2.75, 3.05) is 29.5 Å². The van der Waals surface area contributed by atoms with Gasteiger partial charge in [-0.25, -0.2) is 4.40 Å². The van der Waals surface area contributed by atoms with E-state index in [0.717, 1.165) is 11.8 Å². The second-order valence-electron chi connectivity index (χ2n) is 6.29. The summed E-state index contributed by atoms with van der Waals surface area (Å²) in [6, 6.07) is 5.12. The number of fused-ring (bicyclic) bond motifs is 1. The number of carbonyl (C=O) groups excluding carboxylic acids is 1. The maximum atomic E-state index is 13.4. The quantitative estimate of drug-likeness (QED) is 0.424. The summed E-state index contributed by atoms with van der Waals surface area (Å²) in [5, 5.41) is 16.4. The average molecular weight is 454 g/mol. The number of halogens is 3. The highest BCUT2D eigenvalue weighted by atomic mass is 32.2. The van der Waals surface area contributed by atoms with Gasteiger partial charge in [0, 0.05) is 13.1 Å². The molecule has 9 nitrogen and oxygen atoms in total. The van der Waals surface area contributed by atoms with Gasteiger partial charge >= 0.3 is 6.18 Å². The molecule has 1 atom stereocenters. The number of nitrogens with zero attached hydrogens (tertiary/aromatic N) is 5. The van der Waals surface area contributed by atoms with Crippen LogP contribution in [0, 0.1) is 0 Å². The van der Waals surface area contributed by atoms with Gasteiger partial charge in [0.25, 0.3) is 5.78 Å². The van der Waals surface area contributed by atoms with Gasteiger partial charge in [-0.15, -0.1) is 10.2 Å². The first-order valence-electron chi connectivity index (χ1n) is 9.48. The van der Waals surface area contributed by atoms with Crippen LogP contribution in [0.5, 0.6) is 0 Å². The highest BCUT2D eigenvalue weighted by Crippen LogP contribution is 2.32. The Morgan fingerprint density at radius 3 is 2.45 bits per heavy atom. The molecule has 0 saturated carbocycles. The molecule has 0 spiro atoms. The number of alkyl halides is 3. The van der Waals surface area contributed by atoms with Crippen molar-refractivity contribution in [2.24, 2.45) is 0 Å². The molecule has 3 rings (SSSR count). The molecule has 0 aliphatic rings. The van der Waals surface area contributed by atoms with Crippen LogP contribution in [0.4, 0.5) is 25.1 Å². The van der Waals surface area contributed by atoms with Crippen LogP contribution in [0.1, 0.15) is 25.5 Å². The van der Waals surface area contributed by atoms with Gasteiger partial charge in [0.2, 0.25) is 17.8 Å². The zero-order valence-electron chi connectivity index (χ0n) is 16.8. The van der Waals surface area contributed by atoms with Crippen molar-refractivity contribution in [2.45, 2.75) is 31.2 Å². The molecule has 0 aliphatic carbocycles. The number of aromatic nitrogens is 5. The largest absolute Gasteiger partial charge is 0.412 e. The van der Waals surface area contributed by atoms with E-state index >= 15 is 0 Å². The number of benzene rings is 1. The molecule has 2 heterocycles.